The monoisotopic (exact) mass is 369 g/mol. The van der Waals surface area contributed by atoms with Gasteiger partial charge < -0.3 is 9.26 Å². The van der Waals surface area contributed by atoms with E-state index >= 15 is 0 Å². The number of rotatable bonds is 4. The summed E-state index contributed by atoms with van der Waals surface area (Å²) in [5.41, 5.74) is 1.26. The second-order valence-electron chi connectivity index (χ2n) is 7.17. The van der Waals surface area contributed by atoms with Gasteiger partial charge >= 0.3 is 0 Å². The van der Waals surface area contributed by atoms with Crippen LogP contribution in [-0.2, 0) is 19.1 Å². The fraction of sp³-hybridized carbons (Fsp3) is 0.438. The molecule has 140 valence electrons. The minimum absolute atomic E-state index is 0.196. The second kappa shape index (κ2) is 6.11. The maximum atomic E-state index is 5.95. The van der Waals surface area contributed by atoms with Gasteiger partial charge in [0.25, 0.3) is 0 Å². The fourth-order valence-corrected chi connectivity index (χ4v) is 2.57. The van der Waals surface area contributed by atoms with Crippen molar-refractivity contribution in [3.8, 4) is 17.5 Å². The first-order valence-corrected chi connectivity index (χ1v) is 8.36. The molecule has 11 nitrogen and oxygen atoms in total. The van der Waals surface area contributed by atoms with E-state index in [-0.39, 0.29) is 12.0 Å². The molecular formula is C16H19N9O2. The average Bonchev–Trinajstić information content (AvgIpc) is 3.30. The average molecular weight is 369 g/mol. The van der Waals surface area contributed by atoms with E-state index < -0.39 is 0 Å². The van der Waals surface area contributed by atoms with Crippen LogP contribution in [0.2, 0.25) is 0 Å². The van der Waals surface area contributed by atoms with E-state index in [1.165, 1.54) is 0 Å². The number of ether oxygens (including phenoxy) is 1. The van der Waals surface area contributed by atoms with Crippen LogP contribution in [0.3, 0.4) is 0 Å². The number of hydrogen-bond donors (Lipinski definition) is 0. The third-order valence-electron chi connectivity index (χ3n) is 3.88. The van der Waals surface area contributed by atoms with Crippen LogP contribution in [0.5, 0.6) is 5.88 Å². The number of aromatic nitrogens is 9. The molecule has 27 heavy (non-hydrogen) atoms. The molecular weight excluding hydrogens is 350 g/mol. The molecule has 0 atom stereocenters. The highest BCUT2D eigenvalue weighted by atomic mass is 16.5. The molecule has 4 aromatic heterocycles. The van der Waals surface area contributed by atoms with Gasteiger partial charge in [-0.15, -0.1) is 15.3 Å². The SMILES string of the molecule is Cc1nc(-c2nnc3cc(C(C)(C)C)c(OCc4ncn(C)n4)nn23)no1. The first-order valence-electron chi connectivity index (χ1n) is 8.36. The molecule has 4 heterocycles. The first kappa shape index (κ1) is 17.1. The Morgan fingerprint density at radius 3 is 2.63 bits per heavy atom. The van der Waals surface area contributed by atoms with Crippen molar-refractivity contribution < 1.29 is 9.26 Å². The predicted octanol–water partition coefficient (Wildman–Crippen LogP) is 1.49. The summed E-state index contributed by atoms with van der Waals surface area (Å²) >= 11 is 0. The molecule has 4 rings (SSSR count). The molecule has 0 N–H and O–H groups in total. The Morgan fingerprint density at radius 1 is 1.19 bits per heavy atom. The van der Waals surface area contributed by atoms with Crippen LogP contribution < -0.4 is 4.74 Å². The lowest BCUT2D eigenvalue weighted by molar-refractivity contribution is 0.271. The van der Waals surface area contributed by atoms with Crippen LogP contribution in [0.1, 0.15) is 38.0 Å². The fourth-order valence-electron chi connectivity index (χ4n) is 2.57. The molecule has 0 radical (unpaired) electrons. The Labute approximate surface area is 154 Å². The summed E-state index contributed by atoms with van der Waals surface area (Å²) in [6.45, 7) is 8.13. The zero-order chi connectivity index (χ0) is 19.2. The van der Waals surface area contributed by atoms with Crippen LogP contribution in [-0.4, -0.2) is 44.7 Å². The molecule has 0 fully saturated rings. The van der Waals surface area contributed by atoms with Gasteiger partial charge in [-0.2, -0.15) is 14.6 Å². The van der Waals surface area contributed by atoms with E-state index in [0.29, 0.717) is 34.9 Å². The highest BCUT2D eigenvalue weighted by molar-refractivity contribution is 5.53. The quantitative estimate of drug-likeness (QED) is 0.526. The lowest BCUT2D eigenvalue weighted by atomic mass is 9.88. The molecule has 0 saturated carbocycles. The van der Waals surface area contributed by atoms with Crippen molar-refractivity contribution >= 4 is 5.65 Å². The van der Waals surface area contributed by atoms with Gasteiger partial charge in [0.15, 0.2) is 18.1 Å². The molecule has 0 saturated heterocycles. The molecule has 0 aromatic carbocycles. The molecule has 0 bridgehead atoms. The van der Waals surface area contributed by atoms with E-state index in [4.69, 9.17) is 9.26 Å². The Balaban J connectivity index is 1.78. The third kappa shape index (κ3) is 3.23. The van der Waals surface area contributed by atoms with Gasteiger partial charge in [0.2, 0.25) is 23.4 Å². The summed E-state index contributed by atoms with van der Waals surface area (Å²) in [6, 6.07) is 1.90. The molecule has 0 amide bonds. The van der Waals surface area contributed by atoms with E-state index in [1.54, 1.807) is 29.5 Å². The Bertz CT molecular complexity index is 1100. The van der Waals surface area contributed by atoms with Crippen LogP contribution >= 0.6 is 0 Å². The van der Waals surface area contributed by atoms with Crippen LogP contribution in [0.15, 0.2) is 16.9 Å². The van der Waals surface area contributed by atoms with Crippen molar-refractivity contribution in [1.82, 2.24) is 44.7 Å². The summed E-state index contributed by atoms with van der Waals surface area (Å²) in [4.78, 5) is 8.37. The Hall–Kier alpha value is -3.37. The molecule has 0 aliphatic carbocycles. The standard InChI is InChI=1S/C16H19N9O2/c1-9-18-13(23-27-9)14-20-19-12-6-10(16(2,3)4)15(22-25(12)14)26-7-11-17-8-24(5)21-11/h6,8H,7H2,1-5H3. The largest absolute Gasteiger partial charge is 0.468 e. The Kier molecular flexibility index (Phi) is 3.86. The van der Waals surface area contributed by atoms with Crippen molar-refractivity contribution in [3.05, 3.63) is 29.7 Å². The van der Waals surface area contributed by atoms with E-state index in [2.05, 4.69) is 56.3 Å². The minimum atomic E-state index is -0.212. The molecule has 0 aliphatic heterocycles. The van der Waals surface area contributed by atoms with E-state index in [1.807, 2.05) is 6.07 Å². The summed E-state index contributed by atoms with van der Waals surface area (Å²) in [5.74, 6) is 2.14. The smallest absolute Gasteiger partial charge is 0.242 e. The second-order valence-corrected chi connectivity index (χ2v) is 7.17. The van der Waals surface area contributed by atoms with Crippen molar-refractivity contribution in [3.63, 3.8) is 0 Å². The number of hydrogen-bond acceptors (Lipinski definition) is 9. The minimum Gasteiger partial charge on any atom is -0.468 e. The van der Waals surface area contributed by atoms with E-state index in [9.17, 15) is 0 Å². The van der Waals surface area contributed by atoms with Crippen molar-refractivity contribution in [2.75, 3.05) is 0 Å². The summed E-state index contributed by atoms with van der Waals surface area (Å²) in [6.07, 6.45) is 1.62. The molecule has 0 unspecified atom stereocenters. The number of nitrogens with zero attached hydrogens (tertiary/aromatic N) is 9. The molecule has 0 spiro atoms. The molecule has 4 aromatic rings. The highest BCUT2D eigenvalue weighted by Crippen LogP contribution is 2.31. The van der Waals surface area contributed by atoms with E-state index in [0.717, 1.165) is 5.56 Å². The Morgan fingerprint density at radius 2 is 2.00 bits per heavy atom. The van der Waals surface area contributed by atoms with Crippen molar-refractivity contribution in [2.24, 2.45) is 7.05 Å². The normalized spacial score (nSPS) is 12.0. The van der Waals surface area contributed by atoms with Gasteiger partial charge in [0, 0.05) is 19.5 Å². The zero-order valence-corrected chi connectivity index (χ0v) is 15.7. The summed E-state index contributed by atoms with van der Waals surface area (Å²) < 4.78 is 14.1. The number of aryl methyl sites for hydroxylation is 2. The van der Waals surface area contributed by atoms with Crippen molar-refractivity contribution in [1.29, 1.82) is 0 Å². The van der Waals surface area contributed by atoms with Crippen LogP contribution in [0, 0.1) is 6.92 Å². The van der Waals surface area contributed by atoms with Crippen LogP contribution in [0.25, 0.3) is 17.3 Å². The highest BCUT2D eigenvalue weighted by Gasteiger charge is 2.25. The molecule has 0 aliphatic rings. The lowest BCUT2D eigenvalue weighted by Crippen LogP contribution is -2.16. The summed E-state index contributed by atoms with van der Waals surface area (Å²) in [7, 11) is 1.80. The van der Waals surface area contributed by atoms with Crippen molar-refractivity contribution in [2.45, 2.75) is 39.7 Å². The third-order valence-corrected chi connectivity index (χ3v) is 3.88. The van der Waals surface area contributed by atoms with Gasteiger partial charge in [-0.3, -0.25) is 4.68 Å². The maximum Gasteiger partial charge on any atom is 0.242 e. The van der Waals surface area contributed by atoms with Crippen LogP contribution in [0.4, 0.5) is 0 Å². The maximum absolute atomic E-state index is 5.95. The zero-order valence-electron chi connectivity index (χ0n) is 15.7. The number of fused-ring (bicyclic) bond motifs is 1. The lowest BCUT2D eigenvalue weighted by Gasteiger charge is -2.21. The van der Waals surface area contributed by atoms with Gasteiger partial charge in [0.05, 0.1) is 0 Å². The topological polar surface area (TPSA) is 122 Å². The predicted molar refractivity (Wildman–Crippen MR) is 92.8 cm³/mol. The molecule has 11 heteroatoms. The van der Waals surface area contributed by atoms with Gasteiger partial charge in [-0.05, 0) is 11.5 Å². The van der Waals surface area contributed by atoms with Gasteiger partial charge in [0.1, 0.15) is 6.33 Å². The van der Waals surface area contributed by atoms with Gasteiger partial charge in [-0.1, -0.05) is 25.9 Å². The first-order chi connectivity index (χ1) is 12.8. The summed E-state index contributed by atoms with van der Waals surface area (Å²) in [5, 5.41) is 21.0. The van der Waals surface area contributed by atoms with Gasteiger partial charge in [-0.25, -0.2) is 4.98 Å².